The van der Waals surface area contributed by atoms with E-state index in [0.717, 1.165) is 24.8 Å². The van der Waals surface area contributed by atoms with Crippen molar-refractivity contribution in [3.8, 4) is 0 Å². The van der Waals surface area contributed by atoms with Crippen LogP contribution in [-0.4, -0.2) is 24.1 Å². The number of hydrogen-bond donors (Lipinski definition) is 1. The Labute approximate surface area is 139 Å². The molecular formula is C21H27NO. The molecule has 23 heavy (non-hydrogen) atoms. The van der Waals surface area contributed by atoms with Gasteiger partial charge in [0.25, 0.3) is 0 Å². The Kier molecular flexibility index (Phi) is 4.56. The highest BCUT2D eigenvalue weighted by atomic mass is 16.3. The summed E-state index contributed by atoms with van der Waals surface area (Å²) in [6, 6.07) is 19.2. The van der Waals surface area contributed by atoms with Gasteiger partial charge in [-0.15, -0.1) is 0 Å². The predicted octanol–water partition coefficient (Wildman–Crippen LogP) is 4.15. The highest BCUT2D eigenvalue weighted by Crippen LogP contribution is 2.48. The molecule has 3 atom stereocenters. The average molecular weight is 309 g/mol. The molecule has 0 bridgehead atoms. The first-order chi connectivity index (χ1) is 11.1. The third-order valence-corrected chi connectivity index (χ3v) is 5.44. The van der Waals surface area contributed by atoms with Crippen molar-refractivity contribution in [3.05, 3.63) is 71.3 Å². The largest absolute Gasteiger partial charge is 0.385 e. The van der Waals surface area contributed by atoms with E-state index in [-0.39, 0.29) is 12.0 Å². The van der Waals surface area contributed by atoms with Crippen LogP contribution < -0.4 is 0 Å². The van der Waals surface area contributed by atoms with Gasteiger partial charge in [-0.25, -0.2) is 0 Å². The van der Waals surface area contributed by atoms with Crippen LogP contribution in [0.4, 0.5) is 0 Å². The highest BCUT2D eigenvalue weighted by Gasteiger charge is 2.45. The molecule has 0 unspecified atom stereocenters. The first kappa shape index (κ1) is 16.2. The van der Waals surface area contributed by atoms with Crippen molar-refractivity contribution in [1.29, 1.82) is 0 Å². The van der Waals surface area contributed by atoms with Gasteiger partial charge in [-0.3, -0.25) is 0 Å². The molecule has 0 saturated carbocycles. The van der Waals surface area contributed by atoms with Gasteiger partial charge in [-0.1, -0.05) is 61.5 Å². The molecule has 1 N–H and O–H groups in total. The number of fused-ring (bicyclic) bond motifs is 1. The molecule has 0 fully saturated rings. The molecule has 0 saturated heterocycles. The second-order valence-corrected chi connectivity index (χ2v) is 6.90. The Balaban J connectivity index is 2.07. The van der Waals surface area contributed by atoms with Crippen LogP contribution in [0.25, 0.3) is 0 Å². The Hall–Kier alpha value is -1.64. The Morgan fingerprint density at radius 1 is 1.09 bits per heavy atom. The van der Waals surface area contributed by atoms with E-state index >= 15 is 0 Å². The van der Waals surface area contributed by atoms with Crippen LogP contribution in [0.2, 0.25) is 0 Å². The zero-order chi connectivity index (χ0) is 16.4. The minimum Gasteiger partial charge on any atom is -0.385 e. The van der Waals surface area contributed by atoms with Gasteiger partial charge in [0.15, 0.2) is 0 Å². The van der Waals surface area contributed by atoms with Crippen LogP contribution >= 0.6 is 0 Å². The molecule has 1 aliphatic rings. The third kappa shape index (κ3) is 2.82. The van der Waals surface area contributed by atoms with Gasteiger partial charge >= 0.3 is 0 Å². The molecule has 2 heteroatoms. The smallest absolute Gasteiger partial charge is 0.0942 e. The van der Waals surface area contributed by atoms with Gasteiger partial charge in [0.2, 0.25) is 0 Å². The fourth-order valence-electron chi connectivity index (χ4n) is 4.32. The van der Waals surface area contributed by atoms with E-state index in [9.17, 15) is 5.11 Å². The van der Waals surface area contributed by atoms with Crippen LogP contribution in [0.3, 0.4) is 0 Å². The number of hydrogen-bond acceptors (Lipinski definition) is 2. The minimum atomic E-state index is -0.764. The first-order valence-electron chi connectivity index (χ1n) is 8.60. The topological polar surface area (TPSA) is 23.5 Å². The van der Waals surface area contributed by atoms with Crippen LogP contribution in [0.1, 0.15) is 42.5 Å². The van der Waals surface area contributed by atoms with E-state index in [4.69, 9.17) is 0 Å². The SMILES string of the molecule is CC[C@@]1(O)c2ccccc2CC[C@H]1[C@H](c1ccccc1)N(C)C. The van der Waals surface area contributed by atoms with Crippen molar-refractivity contribution < 1.29 is 5.11 Å². The molecule has 2 aromatic carbocycles. The first-order valence-corrected chi connectivity index (χ1v) is 8.60. The molecule has 0 amide bonds. The summed E-state index contributed by atoms with van der Waals surface area (Å²) in [5.41, 5.74) is 2.95. The average Bonchev–Trinajstić information content (AvgIpc) is 2.58. The maximum Gasteiger partial charge on any atom is 0.0942 e. The van der Waals surface area contributed by atoms with Crippen LogP contribution in [0.5, 0.6) is 0 Å². The van der Waals surface area contributed by atoms with Crippen molar-refractivity contribution in [2.75, 3.05) is 14.1 Å². The lowest BCUT2D eigenvalue weighted by Gasteiger charge is -2.47. The van der Waals surface area contributed by atoms with Crippen molar-refractivity contribution in [2.45, 2.75) is 37.8 Å². The number of nitrogens with zero attached hydrogens (tertiary/aromatic N) is 1. The number of benzene rings is 2. The molecule has 0 aliphatic heterocycles. The van der Waals surface area contributed by atoms with Gasteiger partial charge in [-0.05, 0) is 50.0 Å². The number of aryl methyl sites for hydroxylation is 1. The maximum atomic E-state index is 11.6. The lowest BCUT2D eigenvalue weighted by molar-refractivity contribution is -0.0698. The summed E-state index contributed by atoms with van der Waals surface area (Å²) in [4.78, 5) is 2.26. The maximum absolute atomic E-state index is 11.6. The van der Waals surface area contributed by atoms with Crippen LogP contribution in [0.15, 0.2) is 54.6 Å². The molecular weight excluding hydrogens is 282 g/mol. The molecule has 1 aliphatic carbocycles. The van der Waals surface area contributed by atoms with Gasteiger partial charge in [0, 0.05) is 12.0 Å². The second kappa shape index (κ2) is 6.46. The van der Waals surface area contributed by atoms with E-state index < -0.39 is 5.60 Å². The molecule has 0 aromatic heterocycles. The van der Waals surface area contributed by atoms with Crippen molar-refractivity contribution in [2.24, 2.45) is 5.92 Å². The molecule has 0 spiro atoms. The van der Waals surface area contributed by atoms with E-state index in [1.807, 2.05) is 0 Å². The third-order valence-electron chi connectivity index (χ3n) is 5.44. The Bertz CT molecular complexity index is 652. The van der Waals surface area contributed by atoms with Crippen LogP contribution in [-0.2, 0) is 12.0 Å². The van der Waals surface area contributed by atoms with E-state index in [0.29, 0.717) is 0 Å². The van der Waals surface area contributed by atoms with Crippen molar-refractivity contribution in [1.82, 2.24) is 4.90 Å². The standard InChI is InChI=1S/C21H27NO/c1-4-21(23)18-13-9-8-10-16(18)14-15-19(21)20(22(2)3)17-11-6-5-7-12-17/h5-13,19-20,23H,4,14-15H2,1-3H3/t19-,20-,21+/m0/s1. The predicted molar refractivity (Wildman–Crippen MR) is 95.3 cm³/mol. The zero-order valence-corrected chi connectivity index (χ0v) is 14.4. The van der Waals surface area contributed by atoms with E-state index in [1.54, 1.807) is 0 Å². The van der Waals surface area contributed by atoms with E-state index in [1.165, 1.54) is 11.1 Å². The lowest BCUT2D eigenvalue weighted by Crippen LogP contribution is -2.45. The molecule has 0 heterocycles. The summed E-state index contributed by atoms with van der Waals surface area (Å²) in [6.07, 6.45) is 2.80. The van der Waals surface area contributed by atoms with Crippen molar-refractivity contribution in [3.63, 3.8) is 0 Å². The fourth-order valence-corrected chi connectivity index (χ4v) is 4.32. The molecule has 0 radical (unpaired) electrons. The summed E-state index contributed by atoms with van der Waals surface area (Å²) in [5, 5.41) is 11.6. The fraction of sp³-hybridized carbons (Fsp3) is 0.429. The van der Waals surface area contributed by atoms with Gasteiger partial charge in [-0.2, -0.15) is 0 Å². The molecule has 2 aromatic rings. The molecule has 2 nitrogen and oxygen atoms in total. The molecule has 122 valence electrons. The second-order valence-electron chi connectivity index (χ2n) is 6.90. The van der Waals surface area contributed by atoms with E-state index in [2.05, 4.69) is 80.5 Å². The quantitative estimate of drug-likeness (QED) is 0.917. The van der Waals surface area contributed by atoms with Gasteiger partial charge in [0.05, 0.1) is 5.60 Å². The van der Waals surface area contributed by atoms with Gasteiger partial charge < -0.3 is 10.0 Å². The summed E-state index contributed by atoms with van der Waals surface area (Å²) in [6.45, 7) is 2.10. The summed E-state index contributed by atoms with van der Waals surface area (Å²) in [5.74, 6) is 0.194. The minimum absolute atomic E-state index is 0.194. The number of aliphatic hydroxyl groups is 1. The summed E-state index contributed by atoms with van der Waals surface area (Å²) >= 11 is 0. The van der Waals surface area contributed by atoms with Crippen molar-refractivity contribution >= 4 is 0 Å². The Morgan fingerprint density at radius 3 is 2.39 bits per heavy atom. The monoisotopic (exact) mass is 309 g/mol. The normalized spacial score (nSPS) is 25.2. The summed E-state index contributed by atoms with van der Waals surface area (Å²) in [7, 11) is 4.24. The lowest BCUT2D eigenvalue weighted by atomic mass is 9.66. The number of rotatable bonds is 4. The highest BCUT2D eigenvalue weighted by molar-refractivity contribution is 5.37. The Morgan fingerprint density at radius 2 is 1.74 bits per heavy atom. The van der Waals surface area contributed by atoms with Gasteiger partial charge in [0.1, 0.15) is 0 Å². The zero-order valence-electron chi connectivity index (χ0n) is 14.4. The van der Waals surface area contributed by atoms with Crippen LogP contribution in [0, 0.1) is 5.92 Å². The summed E-state index contributed by atoms with van der Waals surface area (Å²) < 4.78 is 0. The molecule has 3 rings (SSSR count).